The lowest BCUT2D eigenvalue weighted by Gasteiger charge is -2.07. The zero-order valence-electron chi connectivity index (χ0n) is 10.3. The number of rotatable bonds is 3. The molecule has 2 rings (SSSR count). The van der Waals surface area contributed by atoms with Gasteiger partial charge in [0.05, 0.1) is 4.86 Å². The zero-order valence-corrected chi connectivity index (χ0v) is 11.1. The molecule has 1 aliphatic carbocycles. The number of hydrogen-bond donors (Lipinski definition) is 0. The summed E-state index contributed by atoms with van der Waals surface area (Å²) >= 11 is 0. The monoisotopic (exact) mass is 270 g/mol. The molecule has 1 aromatic carbocycles. The van der Waals surface area contributed by atoms with E-state index in [-0.39, 0.29) is 5.92 Å². The van der Waals surface area contributed by atoms with E-state index in [1.165, 1.54) is 0 Å². The maximum Gasteiger partial charge on any atom is 0.218 e. The lowest BCUT2D eigenvalue weighted by atomic mass is 10.00. The first kappa shape index (κ1) is 13.3. The fourth-order valence-electron chi connectivity index (χ4n) is 1.78. The van der Waals surface area contributed by atoms with Crippen molar-refractivity contribution in [2.75, 3.05) is 0 Å². The van der Waals surface area contributed by atoms with E-state index in [1.807, 2.05) is 66.8 Å². The van der Waals surface area contributed by atoms with Crippen molar-refractivity contribution in [3.8, 4) is 0 Å². The van der Waals surface area contributed by atoms with Gasteiger partial charge in [0.1, 0.15) is 0 Å². The summed E-state index contributed by atoms with van der Waals surface area (Å²) in [7, 11) is -2.17. The van der Waals surface area contributed by atoms with E-state index in [1.54, 1.807) is 12.2 Å². The summed E-state index contributed by atoms with van der Waals surface area (Å²) in [5.41, 5.74) is 1.11. The summed E-state index contributed by atoms with van der Waals surface area (Å²) in [5, 5.41) is 0. The van der Waals surface area contributed by atoms with Gasteiger partial charge in [-0.2, -0.15) is 8.42 Å². The molecule has 0 bridgehead atoms. The molecule has 1 atom stereocenters. The average molecular weight is 270 g/mol. The van der Waals surface area contributed by atoms with Crippen LogP contribution in [-0.4, -0.2) is 13.3 Å². The Balaban J connectivity index is 2.07. The highest BCUT2D eigenvalue weighted by atomic mass is 32.2. The molecule has 1 aliphatic rings. The molecule has 0 fully saturated rings. The highest BCUT2D eigenvalue weighted by molar-refractivity contribution is 7.73. The van der Waals surface area contributed by atoms with E-state index in [9.17, 15) is 8.42 Å². The quantitative estimate of drug-likeness (QED) is 0.625. The van der Waals surface area contributed by atoms with Crippen molar-refractivity contribution in [3.63, 3.8) is 0 Å². The Hall–Kier alpha value is -2.13. The van der Waals surface area contributed by atoms with E-state index in [0.29, 0.717) is 4.86 Å². The van der Waals surface area contributed by atoms with Crippen LogP contribution in [0.4, 0.5) is 0 Å². The molecule has 0 saturated carbocycles. The number of hydrogen-bond acceptors (Lipinski definition) is 2. The topological polar surface area (TPSA) is 34.1 Å². The molecular formula is C16H14O2S. The number of allylic oxidation sites excluding steroid dienone is 7. The fraction of sp³-hybridized carbons (Fsp3) is 0.0625. The highest BCUT2D eigenvalue weighted by Crippen LogP contribution is 2.10. The molecule has 0 amide bonds. The Kier molecular flexibility index (Phi) is 4.70. The molecule has 0 heterocycles. The average Bonchev–Trinajstić information content (AvgIpc) is 2.45. The van der Waals surface area contributed by atoms with Gasteiger partial charge in [0, 0.05) is 5.92 Å². The van der Waals surface area contributed by atoms with Crippen molar-refractivity contribution in [1.82, 2.24) is 0 Å². The van der Waals surface area contributed by atoms with Crippen molar-refractivity contribution < 1.29 is 8.42 Å². The number of benzene rings is 1. The van der Waals surface area contributed by atoms with Gasteiger partial charge in [-0.15, -0.1) is 0 Å². The van der Waals surface area contributed by atoms with Crippen LogP contribution in [0.25, 0.3) is 6.08 Å². The Morgan fingerprint density at radius 3 is 2.53 bits per heavy atom. The van der Waals surface area contributed by atoms with Gasteiger partial charge in [0.25, 0.3) is 0 Å². The van der Waals surface area contributed by atoms with Gasteiger partial charge >= 0.3 is 0 Å². The molecule has 0 spiro atoms. The first-order valence-corrected chi connectivity index (χ1v) is 7.06. The summed E-state index contributed by atoms with van der Waals surface area (Å²) < 4.78 is 22.1. The van der Waals surface area contributed by atoms with E-state index < -0.39 is 10.3 Å². The van der Waals surface area contributed by atoms with E-state index >= 15 is 0 Å². The Bertz CT molecular complexity index is 667. The highest BCUT2D eigenvalue weighted by Gasteiger charge is 2.10. The van der Waals surface area contributed by atoms with Crippen molar-refractivity contribution in [2.24, 2.45) is 5.92 Å². The third-order valence-corrected chi connectivity index (χ3v) is 3.52. The van der Waals surface area contributed by atoms with Crippen LogP contribution in [0.5, 0.6) is 0 Å². The third-order valence-electron chi connectivity index (χ3n) is 2.73. The van der Waals surface area contributed by atoms with Crippen LogP contribution >= 0.6 is 0 Å². The van der Waals surface area contributed by atoms with Gasteiger partial charge < -0.3 is 0 Å². The van der Waals surface area contributed by atoms with Crippen LogP contribution < -0.4 is 0 Å². The summed E-state index contributed by atoms with van der Waals surface area (Å²) in [6.45, 7) is 0. The fourth-order valence-corrected chi connectivity index (χ4v) is 2.35. The predicted molar refractivity (Wildman–Crippen MR) is 80.3 cm³/mol. The molecular weight excluding hydrogens is 256 g/mol. The second kappa shape index (κ2) is 6.71. The van der Waals surface area contributed by atoms with Crippen LogP contribution in [0.15, 0.2) is 72.9 Å². The smallest absolute Gasteiger partial charge is 0.184 e. The SMILES string of the molecule is O=S(=O)=C1C=CC=CC1C=CC=Cc1ccccc1. The molecule has 0 N–H and O–H groups in total. The maximum absolute atomic E-state index is 11.0. The standard InChI is InChI=1S/C16H14O2S/c17-19(18)16-13-7-6-12-15(16)11-5-4-10-14-8-2-1-3-9-14/h1-13,15H. The Labute approximate surface area is 114 Å². The van der Waals surface area contributed by atoms with Crippen LogP contribution in [0.1, 0.15) is 5.56 Å². The summed E-state index contributed by atoms with van der Waals surface area (Å²) in [5.74, 6) is -0.177. The van der Waals surface area contributed by atoms with Gasteiger partial charge in [-0.1, -0.05) is 72.9 Å². The lowest BCUT2D eigenvalue weighted by molar-refractivity contribution is 0.626. The molecule has 0 saturated heterocycles. The second-order valence-electron chi connectivity index (χ2n) is 4.06. The normalized spacial score (nSPS) is 18.5. The van der Waals surface area contributed by atoms with Crippen LogP contribution in [0, 0.1) is 5.92 Å². The van der Waals surface area contributed by atoms with E-state index in [4.69, 9.17) is 0 Å². The van der Waals surface area contributed by atoms with Crippen LogP contribution in [-0.2, 0) is 10.3 Å². The molecule has 0 aromatic heterocycles. The van der Waals surface area contributed by atoms with E-state index in [2.05, 4.69) is 0 Å². The summed E-state index contributed by atoms with van der Waals surface area (Å²) in [6, 6.07) is 9.95. The van der Waals surface area contributed by atoms with E-state index in [0.717, 1.165) is 5.56 Å². The summed E-state index contributed by atoms with van der Waals surface area (Å²) in [4.78, 5) is 0.395. The molecule has 3 heteroatoms. The third kappa shape index (κ3) is 3.93. The van der Waals surface area contributed by atoms with Gasteiger partial charge in [-0.25, -0.2) is 0 Å². The summed E-state index contributed by atoms with van der Waals surface area (Å²) in [6.07, 6.45) is 14.7. The predicted octanol–water partition coefficient (Wildman–Crippen LogP) is 3.05. The van der Waals surface area contributed by atoms with Gasteiger partial charge in [0.15, 0.2) is 0 Å². The molecule has 0 radical (unpaired) electrons. The van der Waals surface area contributed by atoms with Crippen molar-refractivity contribution in [3.05, 3.63) is 78.4 Å². The maximum atomic E-state index is 11.0. The molecule has 0 aliphatic heterocycles. The molecule has 1 aromatic rings. The molecule has 96 valence electrons. The largest absolute Gasteiger partial charge is 0.218 e. The minimum Gasteiger partial charge on any atom is -0.184 e. The molecule has 19 heavy (non-hydrogen) atoms. The van der Waals surface area contributed by atoms with Crippen molar-refractivity contribution in [2.45, 2.75) is 0 Å². The minimum absolute atomic E-state index is 0.177. The van der Waals surface area contributed by atoms with Gasteiger partial charge in [0.2, 0.25) is 10.3 Å². The van der Waals surface area contributed by atoms with Crippen LogP contribution in [0.3, 0.4) is 0 Å². The van der Waals surface area contributed by atoms with Gasteiger partial charge in [-0.3, -0.25) is 0 Å². The van der Waals surface area contributed by atoms with Crippen molar-refractivity contribution in [1.29, 1.82) is 0 Å². The lowest BCUT2D eigenvalue weighted by Crippen LogP contribution is -2.10. The molecule has 2 nitrogen and oxygen atoms in total. The minimum atomic E-state index is -2.17. The van der Waals surface area contributed by atoms with Gasteiger partial charge in [-0.05, 0) is 11.6 Å². The van der Waals surface area contributed by atoms with Crippen molar-refractivity contribution >= 4 is 21.2 Å². The second-order valence-corrected chi connectivity index (χ2v) is 5.00. The first-order chi connectivity index (χ1) is 9.27. The molecule has 1 unspecified atom stereocenters. The van der Waals surface area contributed by atoms with Crippen LogP contribution in [0.2, 0.25) is 0 Å². The first-order valence-electron chi connectivity index (χ1n) is 5.98. The zero-order chi connectivity index (χ0) is 13.5. The Morgan fingerprint density at radius 1 is 1.00 bits per heavy atom. The Morgan fingerprint density at radius 2 is 1.79 bits per heavy atom.